The van der Waals surface area contributed by atoms with Gasteiger partial charge in [-0.05, 0) is 51.9 Å². The van der Waals surface area contributed by atoms with Crippen molar-refractivity contribution in [1.82, 2.24) is 24.6 Å². The summed E-state index contributed by atoms with van der Waals surface area (Å²) < 4.78 is 2.18. The molecule has 1 atom stereocenters. The van der Waals surface area contributed by atoms with Crippen molar-refractivity contribution >= 4 is 11.8 Å². The number of rotatable bonds is 6. The molecular weight excluding hydrogens is 294 g/mol. The van der Waals surface area contributed by atoms with Crippen LogP contribution < -0.4 is 0 Å². The minimum absolute atomic E-state index is 0.739. The van der Waals surface area contributed by atoms with Crippen molar-refractivity contribution < 1.29 is 0 Å². The van der Waals surface area contributed by atoms with Crippen molar-refractivity contribution in [1.29, 1.82) is 0 Å². The van der Waals surface area contributed by atoms with Gasteiger partial charge in [-0.15, -0.1) is 10.2 Å². The number of nitrogens with zero attached hydrogens (tertiary/aromatic N) is 5. The summed E-state index contributed by atoms with van der Waals surface area (Å²) in [5.74, 6) is 2.01. The first-order valence-corrected chi connectivity index (χ1v) is 8.94. The first kappa shape index (κ1) is 15.5. The van der Waals surface area contributed by atoms with Crippen LogP contribution in [0.25, 0.3) is 11.4 Å². The van der Waals surface area contributed by atoms with Gasteiger partial charge in [0.15, 0.2) is 11.0 Å². The highest BCUT2D eigenvalue weighted by Gasteiger charge is 2.21. The van der Waals surface area contributed by atoms with Gasteiger partial charge in [-0.25, -0.2) is 0 Å². The Balaban J connectivity index is 1.65. The second-order valence-electron chi connectivity index (χ2n) is 5.71. The third-order valence-corrected chi connectivity index (χ3v) is 5.31. The van der Waals surface area contributed by atoms with Crippen molar-refractivity contribution in [3.8, 4) is 11.4 Å². The zero-order valence-corrected chi connectivity index (χ0v) is 14.1. The van der Waals surface area contributed by atoms with Crippen LogP contribution in [-0.2, 0) is 6.54 Å². The summed E-state index contributed by atoms with van der Waals surface area (Å²) >= 11 is 1.82. The monoisotopic (exact) mass is 317 g/mol. The fourth-order valence-electron chi connectivity index (χ4n) is 3.02. The van der Waals surface area contributed by atoms with Gasteiger partial charge in [-0.1, -0.05) is 11.8 Å². The summed E-state index contributed by atoms with van der Waals surface area (Å²) in [7, 11) is 2.23. The molecule has 22 heavy (non-hydrogen) atoms. The van der Waals surface area contributed by atoms with Crippen LogP contribution >= 0.6 is 11.8 Å². The topological polar surface area (TPSA) is 46.8 Å². The van der Waals surface area contributed by atoms with E-state index in [0.717, 1.165) is 34.9 Å². The van der Waals surface area contributed by atoms with Crippen LogP contribution in [0.4, 0.5) is 0 Å². The molecule has 2 aromatic heterocycles. The van der Waals surface area contributed by atoms with E-state index in [0.29, 0.717) is 0 Å². The van der Waals surface area contributed by atoms with E-state index in [1.807, 2.05) is 30.1 Å². The van der Waals surface area contributed by atoms with Gasteiger partial charge in [-0.3, -0.25) is 4.98 Å². The molecule has 3 rings (SSSR count). The number of hydrogen-bond acceptors (Lipinski definition) is 5. The maximum atomic E-state index is 4.38. The normalized spacial score (nSPS) is 18.9. The lowest BCUT2D eigenvalue weighted by atomic mass is 10.2. The second-order valence-corrected chi connectivity index (χ2v) is 6.77. The number of hydrogen-bond donors (Lipinski definition) is 0. The van der Waals surface area contributed by atoms with E-state index in [9.17, 15) is 0 Å². The summed E-state index contributed by atoms with van der Waals surface area (Å²) in [5.41, 5.74) is 1.03. The van der Waals surface area contributed by atoms with Crippen molar-refractivity contribution in [2.45, 2.75) is 43.9 Å². The van der Waals surface area contributed by atoms with Gasteiger partial charge in [0.25, 0.3) is 0 Å². The molecule has 0 aromatic carbocycles. The quantitative estimate of drug-likeness (QED) is 0.767. The maximum Gasteiger partial charge on any atom is 0.191 e. The van der Waals surface area contributed by atoms with Gasteiger partial charge in [0, 0.05) is 36.3 Å². The van der Waals surface area contributed by atoms with Crippen LogP contribution in [0, 0.1) is 0 Å². The summed E-state index contributed by atoms with van der Waals surface area (Å²) in [5, 5.41) is 9.76. The third kappa shape index (κ3) is 3.33. The lowest BCUT2D eigenvalue weighted by Gasteiger charge is -2.18. The van der Waals surface area contributed by atoms with Crippen molar-refractivity contribution in [3.63, 3.8) is 0 Å². The van der Waals surface area contributed by atoms with Gasteiger partial charge >= 0.3 is 0 Å². The fourth-order valence-corrected chi connectivity index (χ4v) is 4.06. The zero-order chi connectivity index (χ0) is 15.4. The highest BCUT2D eigenvalue weighted by molar-refractivity contribution is 7.99. The molecule has 118 valence electrons. The summed E-state index contributed by atoms with van der Waals surface area (Å²) in [6, 6.07) is 4.71. The van der Waals surface area contributed by atoms with E-state index < -0.39 is 0 Å². The molecular formula is C16H23N5S. The predicted octanol–water partition coefficient (Wildman–Crippen LogP) is 2.94. The average Bonchev–Trinajstić information content (AvgIpc) is 3.14. The Kier molecular flexibility index (Phi) is 5.10. The van der Waals surface area contributed by atoms with Crippen molar-refractivity contribution in [2.24, 2.45) is 0 Å². The molecule has 2 aromatic rings. The molecule has 1 saturated heterocycles. The molecule has 5 nitrogen and oxygen atoms in total. The molecule has 0 aliphatic carbocycles. The van der Waals surface area contributed by atoms with Gasteiger partial charge in [0.05, 0.1) is 0 Å². The van der Waals surface area contributed by atoms with Gasteiger partial charge in [0.2, 0.25) is 0 Å². The van der Waals surface area contributed by atoms with Crippen LogP contribution in [0.2, 0.25) is 0 Å². The zero-order valence-electron chi connectivity index (χ0n) is 13.3. The van der Waals surface area contributed by atoms with Crippen LogP contribution in [0.5, 0.6) is 0 Å². The first-order chi connectivity index (χ1) is 10.8. The SMILES string of the molecule is CCn1c(SCC[C@@H]2CCCN2C)nnc1-c1cccnc1. The molecule has 0 amide bonds. The maximum absolute atomic E-state index is 4.38. The van der Waals surface area contributed by atoms with Gasteiger partial charge < -0.3 is 9.47 Å². The Hall–Kier alpha value is -1.40. The second kappa shape index (κ2) is 7.24. The molecule has 1 aliphatic rings. The summed E-state index contributed by atoms with van der Waals surface area (Å²) in [4.78, 5) is 6.65. The van der Waals surface area contributed by atoms with E-state index in [4.69, 9.17) is 0 Å². The van der Waals surface area contributed by atoms with E-state index in [2.05, 4.69) is 38.6 Å². The minimum atomic E-state index is 0.739. The molecule has 1 aliphatic heterocycles. The Bertz CT molecular complexity index is 598. The highest BCUT2D eigenvalue weighted by Crippen LogP contribution is 2.26. The van der Waals surface area contributed by atoms with E-state index in [-0.39, 0.29) is 0 Å². The lowest BCUT2D eigenvalue weighted by Crippen LogP contribution is -2.25. The molecule has 3 heterocycles. The molecule has 0 unspecified atom stereocenters. The van der Waals surface area contributed by atoms with Gasteiger partial charge in [-0.2, -0.15) is 0 Å². The molecule has 0 N–H and O–H groups in total. The Labute approximate surface area is 136 Å². The van der Waals surface area contributed by atoms with Crippen LogP contribution in [0.15, 0.2) is 29.7 Å². The minimum Gasteiger partial charge on any atom is -0.303 e. The Morgan fingerprint density at radius 1 is 1.36 bits per heavy atom. The largest absolute Gasteiger partial charge is 0.303 e. The highest BCUT2D eigenvalue weighted by atomic mass is 32.2. The number of likely N-dealkylation sites (tertiary alicyclic amines) is 1. The van der Waals surface area contributed by atoms with Gasteiger partial charge in [0.1, 0.15) is 0 Å². The molecule has 0 bridgehead atoms. The third-order valence-electron chi connectivity index (χ3n) is 4.31. The first-order valence-electron chi connectivity index (χ1n) is 7.96. The van der Waals surface area contributed by atoms with Crippen LogP contribution in [0.1, 0.15) is 26.2 Å². The Morgan fingerprint density at radius 2 is 2.27 bits per heavy atom. The van der Waals surface area contributed by atoms with E-state index in [1.54, 1.807) is 6.20 Å². The van der Waals surface area contributed by atoms with Crippen molar-refractivity contribution in [3.05, 3.63) is 24.5 Å². The average molecular weight is 317 g/mol. The van der Waals surface area contributed by atoms with Crippen LogP contribution in [0.3, 0.4) is 0 Å². The standard InChI is InChI=1S/C16H23N5S/c1-3-21-15(13-6-4-9-17-12-13)18-19-16(21)22-11-8-14-7-5-10-20(14)2/h4,6,9,12,14H,3,5,7-8,10-11H2,1-2H3/t14-/m0/s1. The summed E-state index contributed by atoms with van der Waals surface area (Å²) in [6.45, 7) is 4.26. The summed E-state index contributed by atoms with van der Waals surface area (Å²) in [6.07, 6.45) is 7.52. The van der Waals surface area contributed by atoms with Crippen LogP contribution in [-0.4, -0.2) is 50.0 Å². The number of aromatic nitrogens is 4. The van der Waals surface area contributed by atoms with E-state index >= 15 is 0 Å². The molecule has 0 spiro atoms. The molecule has 6 heteroatoms. The molecule has 1 fully saturated rings. The lowest BCUT2D eigenvalue weighted by molar-refractivity contribution is 0.305. The van der Waals surface area contributed by atoms with Crippen molar-refractivity contribution in [2.75, 3.05) is 19.3 Å². The predicted molar refractivity (Wildman–Crippen MR) is 89.9 cm³/mol. The molecule has 0 saturated carbocycles. The smallest absolute Gasteiger partial charge is 0.191 e. The fraction of sp³-hybridized carbons (Fsp3) is 0.562. The molecule has 0 radical (unpaired) electrons. The number of thioether (sulfide) groups is 1. The van der Waals surface area contributed by atoms with E-state index in [1.165, 1.54) is 25.8 Å². The Morgan fingerprint density at radius 3 is 2.95 bits per heavy atom. The number of pyridine rings is 1.